The minimum atomic E-state index is -0.198. The van der Waals surface area contributed by atoms with E-state index in [2.05, 4.69) is 55.3 Å². The molecule has 5 nitrogen and oxygen atoms in total. The molecule has 0 radical (unpaired) electrons. The topological polar surface area (TPSA) is 70.7 Å². The average Bonchev–Trinajstić information content (AvgIpc) is 3.40. The van der Waals surface area contributed by atoms with Crippen LogP contribution in [0, 0.1) is 5.92 Å². The van der Waals surface area contributed by atoms with Crippen LogP contribution < -0.4 is 11.1 Å². The highest BCUT2D eigenvalue weighted by Crippen LogP contribution is 2.41. The number of amides is 1. The first-order valence-electron chi connectivity index (χ1n) is 10.4. The molecule has 1 aromatic rings. The zero-order valence-corrected chi connectivity index (χ0v) is 19.7. The van der Waals surface area contributed by atoms with E-state index in [4.69, 9.17) is 10.7 Å². The van der Waals surface area contributed by atoms with E-state index < -0.39 is 0 Å². The van der Waals surface area contributed by atoms with Gasteiger partial charge >= 0.3 is 0 Å². The third-order valence-electron chi connectivity index (χ3n) is 5.75. The molecule has 3 N–H and O–H groups in total. The number of nitrogens with two attached hydrogens (primary N) is 1. The van der Waals surface area contributed by atoms with Crippen molar-refractivity contribution in [2.45, 2.75) is 64.3 Å². The predicted octanol–water partition coefficient (Wildman–Crippen LogP) is 3.84. The number of piperidine rings is 1. The van der Waals surface area contributed by atoms with Gasteiger partial charge in [0, 0.05) is 38.0 Å². The number of rotatable bonds is 6. The van der Waals surface area contributed by atoms with Crippen molar-refractivity contribution in [1.82, 2.24) is 10.2 Å². The molecular weight excluding hydrogens is 463 g/mol. The van der Waals surface area contributed by atoms with Crippen LogP contribution in [0.5, 0.6) is 0 Å². The molecule has 1 aromatic carbocycles. The summed E-state index contributed by atoms with van der Waals surface area (Å²) >= 11 is 0. The van der Waals surface area contributed by atoms with Crippen LogP contribution in [-0.4, -0.2) is 42.4 Å². The molecule has 28 heavy (non-hydrogen) atoms. The molecule has 3 unspecified atom stereocenters. The molecular formula is C22H35IN4O. The van der Waals surface area contributed by atoms with Crippen LogP contribution in [-0.2, 0) is 4.79 Å². The number of halogens is 1. The summed E-state index contributed by atoms with van der Waals surface area (Å²) in [4.78, 5) is 18.3. The van der Waals surface area contributed by atoms with Crippen LogP contribution in [0.3, 0.4) is 0 Å². The molecule has 1 saturated carbocycles. The highest BCUT2D eigenvalue weighted by atomic mass is 127. The second kappa shape index (κ2) is 10.5. The number of nitrogens with one attached hydrogen (secondary N) is 1. The number of carbonyl (C=O) groups is 1. The van der Waals surface area contributed by atoms with Crippen molar-refractivity contribution in [3.63, 3.8) is 0 Å². The normalized spacial score (nSPS) is 24.6. The van der Waals surface area contributed by atoms with Gasteiger partial charge in [-0.25, -0.2) is 0 Å². The summed E-state index contributed by atoms with van der Waals surface area (Å²) in [6, 6.07) is 9.53. The zero-order valence-electron chi connectivity index (χ0n) is 17.4. The Balaban J connectivity index is 0.00000280. The Kier molecular flexibility index (Phi) is 8.58. The summed E-state index contributed by atoms with van der Waals surface area (Å²) in [5.41, 5.74) is 8.21. The smallest absolute Gasteiger partial charge is 0.217 e. The molecule has 2 aliphatic rings. The number of benzene rings is 1. The lowest BCUT2D eigenvalue weighted by Crippen LogP contribution is -2.48. The number of likely N-dealkylation sites (tertiary alicyclic amines) is 1. The second-order valence-electron chi connectivity index (χ2n) is 8.34. The number of hydrogen-bond donors (Lipinski definition) is 2. The fourth-order valence-electron chi connectivity index (χ4n) is 4.11. The number of nitrogens with zero attached hydrogens (tertiary/aromatic N) is 2. The highest BCUT2D eigenvalue weighted by Gasteiger charge is 2.40. The lowest BCUT2D eigenvalue weighted by molar-refractivity contribution is -0.119. The van der Waals surface area contributed by atoms with Gasteiger partial charge in [0.2, 0.25) is 5.91 Å². The minimum Gasteiger partial charge on any atom is -0.370 e. The van der Waals surface area contributed by atoms with Crippen LogP contribution in [0.1, 0.15) is 69.4 Å². The summed E-state index contributed by atoms with van der Waals surface area (Å²) in [6.07, 6.45) is 3.80. The van der Waals surface area contributed by atoms with Gasteiger partial charge in [-0.15, -0.1) is 24.0 Å². The van der Waals surface area contributed by atoms with Crippen molar-refractivity contribution in [3.05, 3.63) is 35.4 Å². The van der Waals surface area contributed by atoms with Crippen molar-refractivity contribution < 1.29 is 4.79 Å². The summed E-state index contributed by atoms with van der Waals surface area (Å²) < 4.78 is 0. The maximum atomic E-state index is 11.3. The largest absolute Gasteiger partial charge is 0.370 e. The number of carbonyl (C=O) groups excluding carboxylic acids is 1. The van der Waals surface area contributed by atoms with Gasteiger partial charge in [-0.05, 0) is 49.1 Å². The fraction of sp³-hybridized carbons (Fsp3) is 0.636. The number of aliphatic imine (C=N–C) groups is 1. The van der Waals surface area contributed by atoms with E-state index in [-0.39, 0.29) is 29.9 Å². The van der Waals surface area contributed by atoms with Crippen molar-refractivity contribution in [3.8, 4) is 0 Å². The Bertz CT molecular complexity index is 674. The highest BCUT2D eigenvalue weighted by molar-refractivity contribution is 14.0. The Morgan fingerprint density at radius 3 is 2.64 bits per heavy atom. The number of guanidine groups is 1. The molecule has 6 heteroatoms. The van der Waals surface area contributed by atoms with Crippen molar-refractivity contribution >= 4 is 35.8 Å². The van der Waals surface area contributed by atoms with Gasteiger partial charge in [-0.3, -0.25) is 9.79 Å². The Morgan fingerprint density at radius 1 is 1.32 bits per heavy atom. The van der Waals surface area contributed by atoms with Gasteiger partial charge in [-0.1, -0.05) is 38.1 Å². The lowest BCUT2D eigenvalue weighted by atomic mass is 9.95. The van der Waals surface area contributed by atoms with Crippen molar-refractivity contribution in [2.75, 3.05) is 19.6 Å². The molecule has 3 atom stereocenters. The van der Waals surface area contributed by atoms with E-state index in [9.17, 15) is 4.79 Å². The van der Waals surface area contributed by atoms with Gasteiger partial charge < -0.3 is 16.0 Å². The first-order chi connectivity index (χ1) is 13.0. The predicted molar refractivity (Wildman–Crippen MR) is 126 cm³/mol. The van der Waals surface area contributed by atoms with Crippen LogP contribution >= 0.6 is 24.0 Å². The Hall–Kier alpha value is -1.31. The first kappa shape index (κ1) is 23.0. The summed E-state index contributed by atoms with van der Waals surface area (Å²) in [5, 5.41) is 3.68. The third-order valence-corrected chi connectivity index (χ3v) is 5.75. The molecule has 1 aliphatic heterocycles. The molecule has 0 spiro atoms. The lowest BCUT2D eigenvalue weighted by Gasteiger charge is -2.35. The summed E-state index contributed by atoms with van der Waals surface area (Å²) in [6.45, 7) is 9.17. The molecule has 156 valence electrons. The molecule has 1 heterocycles. The van der Waals surface area contributed by atoms with Crippen molar-refractivity contribution in [2.24, 2.45) is 16.6 Å². The average molecular weight is 498 g/mol. The zero-order chi connectivity index (χ0) is 19.4. The standard InChI is InChI=1S/C22H34N4O.HI/c1-4-24-22(26-11-5-6-16(14-26)12-21(23)27)25-20-13-19(20)18-9-7-17(8-10-18)15(2)3;/h7-10,15-16,19-20H,4-6,11-14H2,1-3H3,(H2,23,27)(H,24,25);1H. The van der Waals surface area contributed by atoms with Crippen LogP contribution in [0.2, 0.25) is 0 Å². The molecule has 1 aliphatic carbocycles. The van der Waals surface area contributed by atoms with Gasteiger partial charge in [0.25, 0.3) is 0 Å². The monoisotopic (exact) mass is 498 g/mol. The fourth-order valence-corrected chi connectivity index (χ4v) is 4.11. The number of primary amides is 1. The Labute approximate surface area is 186 Å². The third kappa shape index (κ3) is 6.09. The maximum Gasteiger partial charge on any atom is 0.217 e. The molecule has 2 fully saturated rings. The molecule has 0 aromatic heterocycles. The van der Waals surface area contributed by atoms with Crippen molar-refractivity contribution in [1.29, 1.82) is 0 Å². The maximum absolute atomic E-state index is 11.3. The van der Waals surface area contributed by atoms with Gasteiger partial charge in [0.1, 0.15) is 0 Å². The van der Waals surface area contributed by atoms with Gasteiger partial charge in [0.05, 0.1) is 0 Å². The first-order valence-corrected chi connectivity index (χ1v) is 10.4. The van der Waals surface area contributed by atoms with E-state index in [0.717, 1.165) is 44.9 Å². The van der Waals surface area contributed by atoms with Gasteiger partial charge in [0.15, 0.2) is 5.96 Å². The van der Waals surface area contributed by atoms with E-state index in [1.807, 2.05) is 0 Å². The van der Waals surface area contributed by atoms with Crippen LogP contribution in [0.25, 0.3) is 0 Å². The minimum absolute atomic E-state index is 0. The second-order valence-corrected chi connectivity index (χ2v) is 8.34. The van der Waals surface area contributed by atoms with E-state index in [0.29, 0.717) is 30.2 Å². The molecule has 1 saturated heterocycles. The van der Waals surface area contributed by atoms with E-state index in [1.54, 1.807) is 0 Å². The van der Waals surface area contributed by atoms with E-state index >= 15 is 0 Å². The summed E-state index contributed by atoms with van der Waals surface area (Å²) in [5.74, 6) is 2.29. The van der Waals surface area contributed by atoms with Crippen LogP contribution in [0.15, 0.2) is 29.3 Å². The van der Waals surface area contributed by atoms with E-state index in [1.165, 1.54) is 11.1 Å². The summed E-state index contributed by atoms with van der Waals surface area (Å²) in [7, 11) is 0. The molecule has 0 bridgehead atoms. The quantitative estimate of drug-likeness (QED) is 0.356. The molecule has 3 rings (SSSR count). The molecule has 1 amide bonds. The van der Waals surface area contributed by atoms with Crippen LogP contribution in [0.4, 0.5) is 0 Å². The SMILES string of the molecule is CCN=C(NC1CC1c1ccc(C(C)C)cc1)N1CCCC(CC(N)=O)C1.I. The Morgan fingerprint density at radius 2 is 2.04 bits per heavy atom. The number of hydrogen-bond acceptors (Lipinski definition) is 2. The van der Waals surface area contributed by atoms with Gasteiger partial charge in [-0.2, -0.15) is 0 Å².